The lowest BCUT2D eigenvalue weighted by Gasteiger charge is -2.00. The molecule has 3 aromatic heterocycles. The van der Waals surface area contributed by atoms with Gasteiger partial charge in [0.05, 0.1) is 0 Å². The molecule has 3 heterocycles. The van der Waals surface area contributed by atoms with Gasteiger partial charge in [-0.15, -0.1) is 11.3 Å². The first-order valence-corrected chi connectivity index (χ1v) is 6.50. The van der Waals surface area contributed by atoms with Crippen LogP contribution in [0.3, 0.4) is 0 Å². The summed E-state index contributed by atoms with van der Waals surface area (Å²) in [7, 11) is 0. The number of nitrogens with zero attached hydrogens (tertiary/aromatic N) is 4. The fraction of sp³-hybridized carbons (Fsp3) is 0.167. The van der Waals surface area contributed by atoms with Crippen LogP contribution in [0.2, 0.25) is 0 Å². The average molecular weight is 273 g/mol. The van der Waals surface area contributed by atoms with Crippen molar-refractivity contribution >= 4 is 16.5 Å². The topological polar surface area (TPSA) is 90.7 Å². The Labute approximate surface area is 113 Å². The van der Waals surface area contributed by atoms with E-state index in [1.165, 1.54) is 11.3 Å². The van der Waals surface area contributed by atoms with Gasteiger partial charge in [0.15, 0.2) is 5.13 Å². The maximum atomic E-state index is 5.58. The minimum absolute atomic E-state index is 0.352. The molecule has 0 atom stereocenters. The van der Waals surface area contributed by atoms with E-state index in [0.29, 0.717) is 28.2 Å². The summed E-state index contributed by atoms with van der Waals surface area (Å²) in [4.78, 5) is 12.7. The average Bonchev–Trinajstić information content (AvgIpc) is 2.97. The van der Waals surface area contributed by atoms with Crippen molar-refractivity contribution < 1.29 is 4.52 Å². The maximum Gasteiger partial charge on any atom is 0.277 e. The Hall–Kier alpha value is -2.28. The van der Waals surface area contributed by atoms with Gasteiger partial charge in [0.25, 0.3) is 5.89 Å². The van der Waals surface area contributed by atoms with Crippen LogP contribution in [0.25, 0.3) is 23.1 Å². The summed E-state index contributed by atoms with van der Waals surface area (Å²) in [6.45, 7) is 3.95. The molecule has 0 aromatic carbocycles. The lowest BCUT2D eigenvalue weighted by molar-refractivity contribution is 0.431. The van der Waals surface area contributed by atoms with Crippen molar-refractivity contribution in [2.75, 3.05) is 5.73 Å². The first-order valence-electron chi connectivity index (χ1n) is 5.62. The van der Waals surface area contributed by atoms with Gasteiger partial charge >= 0.3 is 0 Å². The minimum Gasteiger partial charge on any atom is -0.375 e. The van der Waals surface area contributed by atoms with E-state index in [0.717, 1.165) is 11.1 Å². The molecule has 0 saturated carbocycles. The van der Waals surface area contributed by atoms with Crippen LogP contribution in [0.15, 0.2) is 22.2 Å². The van der Waals surface area contributed by atoms with Crippen LogP contribution in [-0.2, 0) is 0 Å². The smallest absolute Gasteiger partial charge is 0.277 e. The van der Waals surface area contributed by atoms with E-state index in [-0.39, 0.29) is 0 Å². The van der Waals surface area contributed by atoms with Gasteiger partial charge in [-0.2, -0.15) is 4.98 Å². The van der Waals surface area contributed by atoms with Crippen LogP contribution >= 0.6 is 11.3 Å². The molecule has 3 rings (SSSR count). The Morgan fingerprint density at radius 3 is 2.79 bits per heavy atom. The fourth-order valence-corrected chi connectivity index (χ4v) is 2.30. The third-order valence-corrected chi connectivity index (χ3v) is 3.27. The zero-order valence-electron chi connectivity index (χ0n) is 10.4. The summed E-state index contributed by atoms with van der Waals surface area (Å²) in [5, 5.41) is 6.19. The Balaban J connectivity index is 2.01. The summed E-state index contributed by atoms with van der Waals surface area (Å²) in [6.07, 6.45) is 1.78. The van der Waals surface area contributed by atoms with Gasteiger partial charge in [0, 0.05) is 11.6 Å². The molecule has 0 spiro atoms. The molecule has 96 valence electrons. The summed E-state index contributed by atoms with van der Waals surface area (Å²) < 4.78 is 5.19. The lowest BCUT2D eigenvalue weighted by atomic mass is 10.1. The second-order valence-corrected chi connectivity index (χ2v) is 5.06. The zero-order chi connectivity index (χ0) is 13.4. The quantitative estimate of drug-likeness (QED) is 0.771. The number of thiazole rings is 1. The van der Waals surface area contributed by atoms with E-state index in [2.05, 4.69) is 20.1 Å². The van der Waals surface area contributed by atoms with Crippen LogP contribution < -0.4 is 5.73 Å². The molecule has 0 aliphatic heterocycles. The van der Waals surface area contributed by atoms with E-state index in [1.807, 2.05) is 19.9 Å². The molecule has 0 radical (unpaired) electrons. The molecular formula is C12H11N5OS. The highest BCUT2D eigenvalue weighted by molar-refractivity contribution is 7.13. The first-order chi connectivity index (χ1) is 9.13. The van der Waals surface area contributed by atoms with Crippen molar-refractivity contribution in [1.29, 1.82) is 0 Å². The standard InChI is InChI=1S/C12H11N5OS/c1-6-3-7(2)9(14-4-6)10-16-11(18-17-10)8-5-19-12(13)15-8/h3-5H,1-2H3,(H2,13,15). The number of nitrogens with two attached hydrogens (primary N) is 1. The van der Waals surface area contributed by atoms with Crippen LogP contribution in [-0.4, -0.2) is 20.1 Å². The van der Waals surface area contributed by atoms with Gasteiger partial charge in [-0.1, -0.05) is 11.2 Å². The fourth-order valence-electron chi connectivity index (χ4n) is 1.76. The summed E-state index contributed by atoms with van der Waals surface area (Å²) in [5.74, 6) is 0.809. The third-order valence-electron chi connectivity index (χ3n) is 2.59. The number of anilines is 1. The van der Waals surface area contributed by atoms with Gasteiger partial charge < -0.3 is 10.3 Å². The van der Waals surface area contributed by atoms with E-state index >= 15 is 0 Å². The molecule has 7 heteroatoms. The zero-order valence-corrected chi connectivity index (χ0v) is 11.2. The Bertz CT molecular complexity index is 733. The molecule has 19 heavy (non-hydrogen) atoms. The molecule has 0 amide bonds. The SMILES string of the molecule is Cc1cnc(-c2noc(-c3csc(N)n3)n2)c(C)c1. The van der Waals surface area contributed by atoms with Crippen molar-refractivity contribution in [2.24, 2.45) is 0 Å². The highest BCUT2D eigenvalue weighted by Gasteiger charge is 2.15. The molecule has 0 aliphatic carbocycles. The first kappa shape index (κ1) is 11.8. The second kappa shape index (κ2) is 4.43. The highest BCUT2D eigenvalue weighted by atomic mass is 32.1. The maximum absolute atomic E-state index is 5.58. The predicted octanol–water partition coefficient (Wildman–Crippen LogP) is 2.45. The molecule has 0 unspecified atom stereocenters. The molecular weight excluding hydrogens is 262 g/mol. The Kier molecular flexibility index (Phi) is 2.75. The number of pyridine rings is 1. The van der Waals surface area contributed by atoms with Crippen molar-refractivity contribution in [3.8, 4) is 23.1 Å². The number of rotatable bonds is 2. The molecule has 2 N–H and O–H groups in total. The van der Waals surface area contributed by atoms with E-state index < -0.39 is 0 Å². The summed E-state index contributed by atoms with van der Waals surface area (Å²) >= 11 is 1.33. The van der Waals surface area contributed by atoms with Gasteiger partial charge in [0.2, 0.25) is 5.82 Å². The normalized spacial score (nSPS) is 10.8. The third kappa shape index (κ3) is 2.19. The highest BCUT2D eigenvalue weighted by Crippen LogP contribution is 2.25. The number of hydrogen-bond donors (Lipinski definition) is 1. The summed E-state index contributed by atoms with van der Waals surface area (Å²) in [6, 6.07) is 2.03. The van der Waals surface area contributed by atoms with Gasteiger partial charge in [-0.3, -0.25) is 4.98 Å². The van der Waals surface area contributed by atoms with Crippen LogP contribution in [0.5, 0.6) is 0 Å². The molecule has 3 aromatic rings. The molecule has 6 nitrogen and oxygen atoms in total. The van der Waals surface area contributed by atoms with E-state index in [1.54, 1.807) is 11.6 Å². The number of hydrogen-bond acceptors (Lipinski definition) is 7. The molecule has 0 saturated heterocycles. The van der Waals surface area contributed by atoms with Crippen LogP contribution in [0, 0.1) is 13.8 Å². The van der Waals surface area contributed by atoms with Crippen LogP contribution in [0.1, 0.15) is 11.1 Å². The van der Waals surface area contributed by atoms with Gasteiger partial charge in [-0.25, -0.2) is 4.98 Å². The van der Waals surface area contributed by atoms with E-state index in [9.17, 15) is 0 Å². The number of aryl methyl sites for hydroxylation is 2. The minimum atomic E-state index is 0.352. The van der Waals surface area contributed by atoms with Crippen molar-refractivity contribution in [3.63, 3.8) is 0 Å². The Morgan fingerprint density at radius 2 is 2.11 bits per heavy atom. The van der Waals surface area contributed by atoms with Crippen molar-refractivity contribution in [1.82, 2.24) is 20.1 Å². The van der Waals surface area contributed by atoms with Crippen LogP contribution in [0.4, 0.5) is 5.13 Å². The molecule has 0 fully saturated rings. The number of aromatic nitrogens is 4. The lowest BCUT2D eigenvalue weighted by Crippen LogP contribution is -1.91. The Morgan fingerprint density at radius 1 is 1.26 bits per heavy atom. The van der Waals surface area contributed by atoms with Gasteiger partial charge in [0.1, 0.15) is 11.4 Å². The van der Waals surface area contributed by atoms with Crippen molar-refractivity contribution in [2.45, 2.75) is 13.8 Å². The van der Waals surface area contributed by atoms with Crippen molar-refractivity contribution in [3.05, 3.63) is 28.8 Å². The molecule has 0 aliphatic rings. The van der Waals surface area contributed by atoms with Gasteiger partial charge in [-0.05, 0) is 25.0 Å². The summed E-state index contributed by atoms with van der Waals surface area (Å²) in [5.41, 5.74) is 8.98. The number of nitrogen functional groups attached to an aromatic ring is 1. The second-order valence-electron chi connectivity index (χ2n) is 4.17. The molecule has 0 bridgehead atoms. The predicted molar refractivity (Wildman–Crippen MR) is 72.5 cm³/mol. The monoisotopic (exact) mass is 273 g/mol. The largest absolute Gasteiger partial charge is 0.375 e. The van der Waals surface area contributed by atoms with E-state index in [4.69, 9.17) is 10.3 Å².